The second-order valence-electron chi connectivity index (χ2n) is 4.00. The predicted octanol–water partition coefficient (Wildman–Crippen LogP) is 3.67. The Morgan fingerprint density at radius 1 is 1.39 bits per heavy atom. The van der Waals surface area contributed by atoms with Gasteiger partial charge in [-0.3, -0.25) is 0 Å². The van der Waals surface area contributed by atoms with Gasteiger partial charge in [-0.25, -0.2) is 4.98 Å². The third kappa shape index (κ3) is 3.10. The van der Waals surface area contributed by atoms with Crippen molar-refractivity contribution in [3.05, 3.63) is 35.7 Å². The highest BCUT2D eigenvalue weighted by atomic mass is 32.2. The summed E-state index contributed by atoms with van der Waals surface area (Å²) >= 11 is 3.16. The Morgan fingerprint density at radius 3 is 2.78 bits per heavy atom. The third-order valence-corrected chi connectivity index (χ3v) is 4.69. The molecular weight excluding hydrogens is 262 g/mol. The lowest BCUT2D eigenvalue weighted by Gasteiger charge is -2.17. The zero-order chi connectivity index (χ0) is 13.0. The van der Waals surface area contributed by atoms with Crippen molar-refractivity contribution in [3.8, 4) is 0 Å². The summed E-state index contributed by atoms with van der Waals surface area (Å²) < 4.78 is 5.23. The van der Waals surface area contributed by atoms with Gasteiger partial charge < -0.3 is 5.32 Å². The minimum Gasteiger partial charge on any atom is -0.313 e. The van der Waals surface area contributed by atoms with Crippen molar-refractivity contribution in [3.63, 3.8) is 0 Å². The molecule has 0 fully saturated rings. The fraction of sp³-hybridized carbons (Fsp3) is 0.385. The van der Waals surface area contributed by atoms with Gasteiger partial charge in [0, 0.05) is 10.9 Å². The topological polar surface area (TPSA) is 37.8 Å². The summed E-state index contributed by atoms with van der Waals surface area (Å²) in [4.78, 5) is 5.67. The van der Waals surface area contributed by atoms with Crippen LogP contribution in [0.3, 0.4) is 0 Å². The van der Waals surface area contributed by atoms with E-state index in [2.05, 4.69) is 45.9 Å². The quantitative estimate of drug-likeness (QED) is 0.906. The molecule has 5 heteroatoms. The highest BCUT2D eigenvalue weighted by molar-refractivity contribution is 8.01. The van der Waals surface area contributed by atoms with Gasteiger partial charge in [-0.2, -0.15) is 4.37 Å². The highest BCUT2D eigenvalue weighted by Crippen LogP contribution is 2.34. The fourth-order valence-corrected chi connectivity index (χ4v) is 3.65. The zero-order valence-corrected chi connectivity index (χ0v) is 12.4. The van der Waals surface area contributed by atoms with E-state index in [0.717, 1.165) is 16.6 Å². The molecule has 0 aliphatic carbocycles. The largest absolute Gasteiger partial charge is 0.313 e. The van der Waals surface area contributed by atoms with Crippen LogP contribution in [0.25, 0.3) is 0 Å². The molecule has 0 aliphatic heterocycles. The smallest absolute Gasteiger partial charge is 0.174 e. The van der Waals surface area contributed by atoms with E-state index in [4.69, 9.17) is 0 Å². The predicted molar refractivity (Wildman–Crippen MR) is 77.3 cm³/mol. The Morgan fingerprint density at radius 2 is 2.17 bits per heavy atom. The molecule has 18 heavy (non-hydrogen) atoms. The first kappa shape index (κ1) is 13.5. The van der Waals surface area contributed by atoms with E-state index in [-0.39, 0.29) is 0 Å². The van der Waals surface area contributed by atoms with Crippen molar-refractivity contribution >= 4 is 23.3 Å². The van der Waals surface area contributed by atoms with Gasteiger partial charge in [0.15, 0.2) is 4.34 Å². The summed E-state index contributed by atoms with van der Waals surface area (Å²) in [5.74, 6) is 0.848. The first-order valence-electron chi connectivity index (χ1n) is 5.99. The number of aromatic nitrogens is 2. The third-order valence-electron chi connectivity index (χ3n) is 2.76. The van der Waals surface area contributed by atoms with Gasteiger partial charge in [-0.15, -0.1) is 0 Å². The van der Waals surface area contributed by atoms with Crippen molar-refractivity contribution in [2.24, 2.45) is 0 Å². The van der Waals surface area contributed by atoms with E-state index in [1.54, 1.807) is 11.8 Å². The van der Waals surface area contributed by atoms with E-state index in [0.29, 0.717) is 6.04 Å². The maximum atomic E-state index is 4.41. The molecule has 1 N–H and O–H groups in total. The van der Waals surface area contributed by atoms with Gasteiger partial charge in [0.25, 0.3) is 0 Å². The SMILES string of the molecule is CCC(NC)c1ccccc1Sc1nc(C)ns1. The van der Waals surface area contributed by atoms with E-state index in [1.165, 1.54) is 22.0 Å². The Balaban J connectivity index is 2.27. The van der Waals surface area contributed by atoms with Gasteiger partial charge in [0.2, 0.25) is 0 Å². The second kappa shape index (κ2) is 6.31. The average Bonchev–Trinajstić information content (AvgIpc) is 2.78. The number of hydrogen-bond donors (Lipinski definition) is 1. The van der Waals surface area contributed by atoms with E-state index in [9.17, 15) is 0 Å². The van der Waals surface area contributed by atoms with Crippen molar-refractivity contribution in [2.45, 2.75) is 35.5 Å². The van der Waals surface area contributed by atoms with Crippen LogP contribution in [0.2, 0.25) is 0 Å². The molecular formula is C13H17N3S2. The summed E-state index contributed by atoms with van der Waals surface area (Å²) in [5.41, 5.74) is 1.33. The van der Waals surface area contributed by atoms with Gasteiger partial charge >= 0.3 is 0 Å². The van der Waals surface area contributed by atoms with Crippen molar-refractivity contribution in [2.75, 3.05) is 7.05 Å². The molecule has 0 saturated carbocycles. The standard InChI is InChI=1S/C13H17N3S2/c1-4-11(14-3)10-7-5-6-8-12(10)17-13-15-9(2)16-18-13/h5-8,11,14H,4H2,1-3H3. The van der Waals surface area contributed by atoms with Crippen LogP contribution in [0, 0.1) is 6.92 Å². The zero-order valence-electron chi connectivity index (χ0n) is 10.8. The maximum Gasteiger partial charge on any atom is 0.174 e. The summed E-state index contributed by atoms with van der Waals surface area (Å²) in [6.07, 6.45) is 1.07. The molecule has 2 aromatic rings. The normalized spacial score (nSPS) is 12.6. The van der Waals surface area contributed by atoms with Crippen LogP contribution >= 0.6 is 23.3 Å². The van der Waals surface area contributed by atoms with Crippen molar-refractivity contribution in [1.29, 1.82) is 0 Å². The summed E-state index contributed by atoms with van der Waals surface area (Å²) in [6, 6.07) is 8.88. The van der Waals surface area contributed by atoms with E-state index < -0.39 is 0 Å². The number of rotatable bonds is 5. The molecule has 1 atom stereocenters. The first-order valence-corrected chi connectivity index (χ1v) is 7.58. The lowest BCUT2D eigenvalue weighted by molar-refractivity contribution is 0.568. The number of nitrogens with zero attached hydrogens (tertiary/aromatic N) is 2. The molecule has 0 aliphatic rings. The summed E-state index contributed by atoms with van der Waals surface area (Å²) in [5, 5.41) is 3.35. The molecule has 1 heterocycles. The lowest BCUT2D eigenvalue weighted by atomic mass is 10.1. The Kier molecular flexibility index (Phi) is 4.74. The monoisotopic (exact) mass is 279 g/mol. The van der Waals surface area contributed by atoms with E-state index >= 15 is 0 Å². The van der Waals surface area contributed by atoms with Crippen LogP contribution in [0.1, 0.15) is 30.8 Å². The molecule has 96 valence electrons. The molecule has 1 aromatic heterocycles. The average molecular weight is 279 g/mol. The number of nitrogens with one attached hydrogen (secondary N) is 1. The lowest BCUT2D eigenvalue weighted by Crippen LogP contribution is -2.15. The first-order chi connectivity index (χ1) is 8.74. The van der Waals surface area contributed by atoms with Gasteiger partial charge in [-0.1, -0.05) is 36.9 Å². The molecule has 0 bridgehead atoms. The van der Waals surface area contributed by atoms with Crippen molar-refractivity contribution < 1.29 is 0 Å². The van der Waals surface area contributed by atoms with Crippen LogP contribution in [0.15, 0.2) is 33.5 Å². The number of aryl methyl sites for hydroxylation is 1. The van der Waals surface area contributed by atoms with Crippen LogP contribution in [-0.2, 0) is 0 Å². The van der Waals surface area contributed by atoms with Crippen LogP contribution in [0.4, 0.5) is 0 Å². The minimum atomic E-state index is 0.391. The summed E-state index contributed by atoms with van der Waals surface area (Å²) in [6.45, 7) is 4.12. The molecule has 0 amide bonds. The molecule has 0 spiro atoms. The summed E-state index contributed by atoms with van der Waals surface area (Å²) in [7, 11) is 2.00. The molecule has 0 saturated heterocycles. The number of hydrogen-bond acceptors (Lipinski definition) is 5. The van der Waals surface area contributed by atoms with Crippen LogP contribution in [0.5, 0.6) is 0 Å². The van der Waals surface area contributed by atoms with Gasteiger partial charge in [0.1, 0.15) is 5.82 Å². The van der Waals surface area contributed by atoms with Gasteiger partial charge in [-0.05, 0) is 43.6 Å². The molecule has 1 aromatic carbocycles. The highest BCUT2D eigenvalue weighted by Gasteiger charge is 2.13. The molecule has 2 rings (SSSR count). The minimum absolute atomic E-state index is 0.391. The molecule has 0 radical (unpaired) electrons. The Labute approximate surface area is 116 Å². The van der Waals surface area contributed by atoms with Crippen LogP contribution < -0.4 is 5.32 Å². The van der Waals surface area contributed by atoms with Crippen LogP contribution in [-0.4, -0.2) is 16.4 Å². The fourth-order valence-electron chi connectivity index (χ4n) is 1.85. The Hall–Kier alpha value is -0.910. The maximum absolute atomic E-state index is 4.41. The molecule has 3 nitrogen and oxygen atoms in total. The Bertz CT molecular complexity index is 506. The number of benzene rings is 1. The molecule has 1 unspecified atom stereocenters. The van der Waals surface area contributed by atoms with Crippen molar-refractivity contribution in [1.82, 2.24) is 14.7 Å². The van der Waals surface area contributed by atoms with Gasteiger partial charge in [0.05, 0.1) is 0 Å². The van der Waals surface area contributed by atoms with E-state index in [1.807, 2.05) is 14.0 Å². The second-order valence-corrected chi connectivity index (χ2v) is 6.04.